The topological polar surface area (TPSA) is 99.7 Å². The molecule has 8 heteroatoms. The molecule has 0 fully saturated rings. The first-order chi connectivity index (χ1) is 11.5. The van der Waals surface area contributed by atoms with Crippen LogP contribution in [0, 0.1) is 0 Å². The zero-order valence-corrected chi connectivity index (χ0v) is 13.9. The lowest BCUT2D eigenvalue weighted by Gasteiger charge is -2.06. The molecule has 3 N–H and O–H groups in total. The molecule has 2 rings (SSSR count). The smallest absolute Gasteiger partial charge is 0.326 e. The quantitative estimate of drug-likeness (QED) is 0.450. The maximum Gasteiger partial charge on any atom is 0.329 e. The molecule has 0 saturated heterocycles. The summed E-state index contributed by atoms with van der Waals surface area (Å²) in [6, 6.07) is 10.1. The summed E-state index contributed by atoms with van der Waals surface area (Å²) in [7, 11) is 0. The highest BCUT2D eigenvalue weighted by molar-refractivity contribution is 7.12. The Hall–Kier alpha value is -3.00. The van der Waals surface area contributed by atoms with Crippen molar-refractivity contribution in [3.05, 3.63) is 46.7 Å². The van der Waals surface area contributed by atoms with Gasteiger partial charge in [0.05, 0.1) is 5.71 Å². The first-order valence-electron chi connectivity index (χ1n) is 7.03. The van der Waals surface area contributed by atoms with E-state index >= 15 is 0 Å². The van der Waals surface area contributed by atoms with E-state index in [2.05, 4.69) is 21.2 Å². The van der Waals surface area contributed by atoms with Crippen molar-refractivity contribution in [3.8, 4) is 0 Å². The van der Waals surface area contributed by atoms with Crippen molar-refractivity contribution in [2.75, 3.05) is 10.6 Å². The zero-order chi connectivity index (χ0) is 17.5. The molecule has 1 heterocycles. The minimum atomic E-state index is -0.864. The van der Waals surface area contributed by atoms with Crippen LogP contribution in [0.2, 0.25) is 0 Å². The summed E-state index contributed by atoms with van der Waals surface area (Å²) >= 11 is 1.49. The van der Waals surface area contributed by atoms with Gasteiger partial charge in [-0.15, -0.1) is 11.3 Å². The standard InChI is InChI=1S/C16H16N4O3S/c1-10(14-4-3-9-24-14)19-20-16(23)15(22)18-13-7-5-12(6-8-13)17-11(2)21/h3-9H,1-2H3,(H,17,21)(H,18,22)(H,20,23)/b19-10-. The predicted octanol–water partition coefficient (Wildman–Crippen LogP) is 2.19. The van der Waals surface area contributed by atoms with Crippen molar-refractivity contribution in [2.24, 2.45) is 5.10 Å². The average molecular weight is 344 g/mol. The summed E-state index contributed by atoms with van der Waals surface area (Å²) in [6.07, 6.45) is 0. The van der Waals surface area contributed by atoms with E-state index in [9.17, 15) is 14.4 Å². The molecule has 124 valence electrons. The molecular formula is C16H16N4O3S. The minimum absolute atomic E-state index is 0.190. The lowest BCUT2D eigenvalue weighted by atomic mass is 10.2. The van der Waals surface area contributed by atoms with E-state index in [0.717, 1.165) is 4.88 Å². The van der Waals surface area contributed by atoms with Crippen molar-refractivity contribution in [2.45, 2.75) is 13.8 Å². The summed E-state index contributed by atoms with van der Waals surface area (Å²) in [6.45, 7) is 3.14. The third kappa shape index (κ3) is 5.03. The summed E-state index contributed by atoms with van der Waals surface area (Å²) in [4.78, 5) is 35.4. The zero-order valence-electron chi connectivity index (χ0n) is 13.1. The highest BCUT2D eigenvalue weighted by Crippen LogP contribution is 2.13. The minimum Gasteiger partial charge on any atom is -0.326 e. The largest absolute Gasteiger partial charge is 0.329 e. The van der Waals surface area contributed by atoms with Crippen molar-refractivity contribution >= 4 is 46.1 Å². The third-order valence-electron chi connectivity index (χ3n) is 2.87. The van der Waals surface area contributed by atoms with Crippen LogP contribution in [-0.2, 0) is 14.4 Å². The van der Waals surface area contributed by atoms with Gasteiger partial charge in [0.1, 0.15) is 0 Å². The van der Waals surface area contributed by atoms with E-state index in [0.29, 0.717) is 17.1 Å². The Balaban J connectivity index is 1.90. The van der Waals surface area contributed by atoms with Gasteiger partial charge in [-0.25, -0.2) is 5.43 Å². The second-order valence-electron chi connectivity index (χ2n) is 4.83. The second-order valence-corrected chi connectivity index (χ2v) is 5.78. The number of hydrazone groups is 1. The number of nitrogens with zero attached hydrogens (tertiary/aromatic N) is 1. The van der Waals surface area contributed by atoms with Gasteiger partial charge >= 0.3 is 11.8 Å². The molecule has 0 unspecified atom stereocenters. The van der Waals surface area contributed by atoms with Crippen LogP contribution in [0.5, 0.6) is 0 Å². The number of benzene rings is 1. The molecule has 0 atom stereocenters. The molecular weight excluding hydrogens is 328 g/mol. The highest BCUT2D eigenvalue weighted by atomic mass is 32.1. The molecule has 7 nitrogen and oxygen atoms in total. The van der Waals surface area contributed by atoms with E-state index in [1.165, 1.54) is 18.3 Å². The number of amides is 3. The van der Waals surface area contributed by atoms with Gasteiger partial charge in [0, 0.05) is 23.2 Å². The van der Waals surface area contributed by atoms with Crippen molar-refractivity contribution in [3.63, 3.8) is 0 Å². The molecule has 1 aromatic heterocycles. The Morgan fingerprint density at radius 1 is 0.917 bits per heavy atom. The number of hydrogen-bond acceptors (Lipinski definition) is 5. The molecule has 0 bridgehead atoms. The fourth-order valence-corrected chi connectivity index (χ4v) is 2.43. The number of carbonyl (C=O) groups excluding carboxylic acids is 3. The molecule has 0 aliphatic heterocycles. The summed E-state index contributed by atoms with van der Waals surface area (Å²) < 4.78 is 0. The van der Waals surface area contributed by atoms with Gasteiger partial charge in [-0.2, -0.15) is 5.10 Å². The lowest BCUT2D eigenvalue weighted by Crippen LogP contribution is -2.32. The van der Waals surface area contributed by atoms with Crippen LogP contribution < -0.4 is 16.1 Å². The van der Waals surface area contributed by atoms with Crippen LogP contribution >= 0.6 is 11.3 Å². The molecule has 1 aromatic carbocycles. The van der Waals surface area contributed by atoms with Crippen LogP contribution in [0.15, 0.2) is 46.9 Å². The molecule has 0 aliphatic carbocycles. The number of thiophene rings is 1. The molecule has 2 aromatic rings. The molecule has 0 radical (unpaired) electrons. The monoisotopic (exact) mass is 344 g/mol. The number of nitrogens with one attached hydrogen (secondary N) is 3. The summed E-state index contributed by atoms with van der Waals surface area (Å²) in [5.74, 6) is -1.88. The van der Waals surface area contributed by atoms with Gasteiger partial charge in [-0.3, -0.25) is 14.4 Å². The van der Waals surface area contributed by atoms with Crippen LogP contribution in [0.1, 0.15) is 18.7 Å². The van der Waals surface area contributed by atoms with E-state index in [1.807, 2.05) is 17.5 Å². The predicted molar refractivity (Wildman–Crippen MR) is 94.0 cm³/mol. The Kier molecular flexibility index (Phi) is 5.80. The van der Waals surface area contributed by atoms with E-state index in [1.54, 1.807) is 31.2 Å². The van der Waals surface area contributed by atoms with E-state index in [4.69, 9.17) is 0 Å². The van der Waals surface area contributed by atoms with Crippen LogP contribution in [-0.4, -0.2) is 23.4 Å². The SMILES string of the molecule is CC(=O)Nc1ccc(NC(=O)C(=O)N/N=C(/C)c2cccs2)cc1. The average Bonchev–Trinajstić information content (AvgIpc) is 3.08. The maximum atomic E-state index is 11.8. The van der Waals surface area contributed by atoms with Crippen molar-refractivity contribution < 1.29 is 14.4 Å². The Bertz CT molecular complexity index is 767. The number of carbonyl (C=O) groups is 3. The fraction of sp³-hybridized carbons (Fsp3) is 0.125. The normalized spacial score (nSPS) is 10.8. The second kappa shape index (κ2) is 8.02. The van der Waals surface area contributed by atoms with E-state index < -0.39 is 11.8 Å². The van der Waals surface area contributed by atoms with Gasteiger partial charge < -0.3 is 10.6 Å². The lowest BCUT2D eigenvalue weighted by molar-refractivity contribution is -0.136. The first kappa shape index (κ1) is 17.4. The van der Waals surface area contributed by atoms with Gasteiger partial charge in [0.15, 0.2) is 0 Å². The summed E-state index contributed by atoms with van der Waals surface area (Å²) in [5, 5.41) is 10.8. The fourth-order valence-electron chi connectivity index (χ4n) is 1.75. The molecule has 3 amide bonds. The molecule has 0 aliphatic rings. The highest BCUT2D eigenvalue weighted by Gasteiger charge is 2.13. The van der Waals surface area contributed by atoms with Crippen LogP contribution in [0.4, 0.5) is 11.4 Å². The van der Waals surface area contributed by atoms with Gasteiger partial charge in [0.2, 0.25) is 5.91 Å². The first-order valence-corrected chi connectivity index (χ1v) is 7.91. The van der Waals surface area contributed by atoms with Gasteiger partial charge in [0.25, 0.3) is 0 Å². The van der Waals surface area contributed by atoms with Gasteiger partial charge in [-0.1, -0.05) is 6.07 Å². The Morgan fingerprint density at radius 2 is 1.54 bits per heavy atom. The van der Waals surface area contributed by atoms with Crippen molar-refractivity contribution in [1.82, 2.24) is 5.43 Å². The summed E-state index contributed by atoms with van der Waals surface area (Å²) in [5.41, 5.74) is 3.86. The third-order valence-corrected chi connectivity index (χ3v) is 3.85. The van der Waals surface area contributed by atoms with Crippen LogP contribution in [0.3, 0.4) is 0 Å². The number of rotatable bonds is 4. The Labute approximate surface area is 142 Å². The van der Waals surface area contributed by atoms with E-state index in [-0.39, 0.29) is 5.91 Å². The van der Waals surface area contributed by atoms with Crippen LogP contribution in [0.25, 0.3) is 0 Å². The maximum absolute atomic E-state index is 11.8. The molecule has 0 spiro atoms. The van der Waals surface area contributed by atoms with Crippen molar-refractivity contribution in [1.29, 1.82) is 0 Å². The van der Waals surface area contributed by atoms with Gasteiger partial charge in [-0.05, 0) is 42.6 Å². The number of hydrogen-bond donors (Lipinski definition) is 3. The molecule has 0 saturated carbocycles. The Morgan fingerprint density at radius 3 is 2.08 bits per heavy atom. The number of anilines is 2. The molecule has 24 heavy (non-hydrogen) atoms.